The lowest BCUT2D eigenvalue weighted by Gasteiger charge is -2.15. The molecule has 0 saturated carbocycles. The summed E-state index contributed by atoms with van der Waals surface area (Å²) in [5, 5.41) is 1.60. The van der Waals surface area contributed by atoms with E-state index in [1.165, 1.54) is 24.8 Å². The predicted octanol–water partition coefficient (Wildman–Crippen LogP) is 4.53. The summed E-state index contributed by atoms with van der Waals surface area (Å²) in [6, 6.07) is 14.2. The molecule has 0 bridgehead atoms. The average Bonchev–Trinajstić information content (AvgIpc) is 2.62. The molecule has 1 heterocycles. The van der Waals surface area contributed by atoms with Gasteiger partial charge in [0, 0.05) is 24.4 Å². The zero-order valence-electron chi connectivity index (χ0n) is 14.5. The largest absolute Gasteiger partial charge is 0.383 e. The molecule has 2 aromatic carbocycles. The van der Waals surface area contributed by atoms with E-state index in [4.69, 9.17) is 4.74 Å². The van der Waals surface area contributed by atoms with Crippen LogP contribution in [0.15, 0.2) is 47.3 Å². The maximum Gasteiger partial charge on any atom is 0.197 e. The zero-order chi connectivity index (χ0) is 16.9. The second-order valence-electron chi connectivity index (χ2n) is 6.30. The first kappa shape index (κ1) is 16.7. The molecule has 24 heavy (non-hydrogen) atoms. The van der Waals surface area contributed by atoms with Gasteiger partial charge in [0.25, 0.3) is 0 Å². The van der Waals surface area contributed by atoms with E-state index in [9.17, 15) is 4.79 Å². The third kappa shape index (κ3) is 3.22. The second-order valence-corrected chi connectivity index (χ2v) is 6.30. The number of fused-ring (bicyclic) bond motifs is 2. The molecule has 0 spiro atoms. The highest BCUT2D eigenvalue weighted by atomic mass is 16.5. The Bertz CT molecular complexity index is 895. The molecular weight excluding hydrogens is 298 g/mol. The van der Waals surface area contributed by atoms with Gasteiger partial charge in [-0.3, -0.25) is 4.79 Å². The minimum atomic E-state index is 0.131. The summed E-state index contributed by atoms with van der Waals surface area (Å²) in [5.74, 6) is 0. The first-order valence-electron chi connectivity index (χ1n) is 8.79. The van der Waals surface area contributed by atoms with E-state index in [0.29, 0.717) is 6.61 Å². The second kappa shape index (κ2) is 7.63. The molecule has 0 aliphatic rings. The van der Waals surface area contributed by atoms with Crippen LogP contribution < -0.4 is 5.43 Å². The molecule has 3 rings (SSSR count). The fourth-order valence-electron chi connectivity index (χ4n) is 3.33. The fraction of sp³-hybridized carbons (Fsp3) is 0.381. The Balaban J connectivity index is 2.17. The number of aryl methyl sites for hydroxylation is 1. The van der Waals surface area contributed by atoms with Crippen LogP contribution in [0.3, 0.4) is 0 Å². The number of nitrogens with zero attached hydrogens (tertiary/aromatic N) is 1. The molecule has 0 aliphatic carbocycles. The highest BCUT2D eigenvalue weighted by Crippen LogP contribution is 2.21. The highest BCUT2D eigenvalue weighted by molar-refractivity contribution is 5.93. The molecule has 3 nitrogen and oxygen atoms in total. The number of hydrogen-bond acceptors (Lipinski definition) is 2. The smallest absolute Gasteiger partial charge is 0.197 e. The molecule has 0 radical (unpaired) electrons. The Labute approximate surface area is 142 Å². The normalized spacial score (nSPS) is 11.4. The summed E-state index contributed by atoms with van der Waals surface area (Å²) in [4.78, 5) is 13.0. The number of unbranched alkanes of at least 4 members (excludes halogenated alkanes) is 2. The molecule has 0 amide bonds. The molecule has 0 unspecified atom stereocenters. The number of benzene rings is 2. The molecule has 3 heteroatoms. The van der Waals surface area contributed by atoms with Crippen molar-refractivity contribution in [2.24, 2.45) is 0 Å². The van der Waals surface area contributed by atoms with Crippen LogP contribution in [0.2, 0.25) is 0 Å². The van der Waals surface area contributed by atoms with Crippen LogP contribution in [0.25, 0.3) is 21.8 Å². The molecule has 0 atom stereocenters. The molecule has 3 aromatic rings. The van der Waals surface area contributed by atoms with Crippen LogP contribution >= 0.6 is 0 Å². The van der Waals surface area contributed by atoms with E-state index < -0.39 is 0 Å². The predicted molar refractivity (Wildman–Crippen MR) is 101 cm³/mol. The Hall–Kier alpha value is -2.13. The standard InChI is InChI=1S/C21H25NO2/c1-3-4-5-8-16-11-12-20-18(15-16)21(23)17-9-6-7-10-19(17)22(20)13-14-24-2/h6-7,9-12,15H,3-5,8,13-14H2,1-2H3. The first-order chi connectivity index (χ1) is 11.8. The van der Waals surface area contributed by atoms with Gasteiger partial charge in [0.05, 0.1) is 17.6 Å². The van der Waals surface area contributed by atoms with E-state index >= 15 is 0 Å². The Morgan fingerprint density at radius 1 is 1.00 bits per heavy atom. The van der Waals surface area contributed by atoms with Crippen LogP contribution in [-0.4, -0.2) is 18.3 Å². The quantitative estimate of drug-likeness (QED) is 0.472. The summed E-state index contributed by atoms with van der Waals surface area (Å²) in [7, 11) is 1.71. The lowest BCUT2D eigenvalue weighted by atomic mass is 10.0. The molecule has 0 aliphatic heterocycles. The lowest BCUT2D eigenvalue weighted by Crippen LogP contribution is -2.14. The SMILES string of the molecule is CCCCCc1ccc2c(c1)c(=O)c1ccccc1n2CCOC. The molecule has 1 aromatic heterocycles. The van der Waals surface area contributed by atoms with Gasteiger partial charge in [0.2, 0.25) is 0 Å². The van der Waals surface area contributed by atoms with Gasteiger partial charge in [-0.1, -0.05) is 38.0 Å². The molecule has 126 valence electrons. The Kier molecular flexibility index (Phi) is 5.31. The monoisotopic (exact) mass is 323 g/mol. The fourth-order valence-corrected chi connectivity index (χ4v) is 3.33. The van der Waals surface area contributed by atoms with Crippen molar-refractivity contribution in [3.05, 3.63) is 58.3 Å². The van der Waals surface area contributed by atoms with Gasteiger partial charge in [-0.2, -0.15) is 0 Å². The maximum atomic E-state index is 13.0. The number of hydrogen-bond donors (Lipinski definition) is 0. The maximum absolute atomic E-state index is 13.0. The van der Waals surface area contributed by atoms with Gasteiger partial charge in [0.15, 0.2) is 5.43 Å². The molecular formula is C21H25NO2. The van der Waals surface area contributed by atoms with Gasteiger partial charge in [-0.25, -0.2) is 0 Å². The van der Waals surface area contributed by atoms with E-state index in [1.807, 2.05) is 24.3 Å². The number of ether oxygens (including phenoxy) is 1. The van der Waals surface area contributed by atoms with Crippen molar-refractivity contribution in [2.75, 3.05) is 13.7 Å². The summed E-state index contributed by atoms with van der Waals surface area (Å²) in [6.07, 6.45) is 4.65. The molecule has 0 N–H and O–H groups in total. The van der Waals surface area contributed by atoms with Crippen molar-refractivity contribution in [1.82, 2.24) is 4.57 Å². The van der Waals surface area contributed by atoms with Crippen molar-refractivity contribution in [2.45, 2.75) is 39.2 Å². The Morgan fingerprint density at radius 3 is 2.58 bits per heavy atom. The van der Waals surface area contributed by atoms with Crippen molar-refractivity contribution >= 4 is 21.8 Å². The topological polar surface area (TPSA) is 31.2 Å². The van der Waals surface area contributed by atoms with Crippen LogP contribution in [0.4, 0.5) is 0 Å². The van der Waals surface area contributed by atoms with Crippen LogP contribution in [0.5, 0.6) is 0 Å². The number of rotatable bonds is 7. The molecule has 0 fully saturated rings. The van der Waals surface area contributed by atoms with Gasteiger partial charge in [0.1, 0.15) is 0 Å². The molecule has 0 saturated heterocycles. The van der Waals surface area contributed by atoms with Gasteiger partial charge in [-0.05, 0) is 42.7 Å². The summed E-state index contributed by atoms with van der Waals surface area (Å²) in [5.41, 5.74) is 3.36. The minimum Gasteiger partial charge on any atom is -0.383 e. The van der Waals surface area contributed by atoms with Crippen molar-refractivity contribution in [3.8, 4) is 0 Å². The van der Waals surface area contributed by atoms with Crippen LogP contribution in [0.1, 0.15) is 31.7 Å². The van der Waals surface area contributed by atoms with E-state index in [0.717, 1.165) is 34.8 Å². The van der Waals surface area contributed by atoms with Crippen LogP contribution in [-0.2, 0) is 17.7 Å². The van der Waals surface area contributed by atoms with Gasteiger partial charge in [-0.15, -0.1) is 0 Å². The van der Waals surface area contributed by atoms with Crippen LogP contribution in [0, 0.1) is 0 Å². The van der Waals surface area contributed by atoms with E-state index in [-0.39, 0.29) is 5.43 Å². The third-order valence-electron chi connectivity index (χ3n) is 4.62. The average molecular weight is 323 g/mol. The van der Waals surface area contributed by atoms with Gasteiger partial charge < -0.3 is 9.30 Å². The van der Waals surface area contributed by atoms with Crippen molar-refractivity contribution < 1.29 is 4.74 Å². The lowest BCUT2D eigenvalue weighted by molar-refractivity contribution is 0.189. The minimum absolute atomic E-state index is 0.131. The van der Waals surface area contributed by atoms with E-state index in [1.54, 1.807) is 7.11 Å². The summed E-state index contributed by atoms with van der Waals surface area (Å²) >= 11 is 0. The zero-order valence-corrected chi connectivity index (χ0v) is 14.5. The van der Waals surface area contributed by atoms with Crippen molar-refractivity contribution in [1.29, 1.82) is 0 Å². The first-order valence-corrected chi connectivity index (χ1v) is 8.79. The highest BCUT2D eigenvalue weighted by Gasteiger charge is 2.11. The number of methoxy groups -OCH3 is 1. The number of pyridine rings is 1. The number of para-hydroxylation sites is 1. The third-order valence-corrected chi connectivity index (χ3v) is 4.62. The summed E-state index contributed by atoms with van der Waals surface area (Å²) in [6.45, 7) is 3.57. The van der Waals surface area contributed by atoms with Crippen molar-refractivity contribution in [3.63, 3.8) is 0 Å². The summed E-state index contributed by atoms with van der Waals surface area (Å²) < 4.78 is 7.46. The Morgan fingerprint density at radius 2 is 1.79 bits per heavy atom. The van der Waals surface area contributed by atoms with E-state index in [2.05, 4.69) is 29.7 Å². The number of aromatic nitrogens is 1. The van der Waals surface area contributed by atoms with Gasteiger partial charge >= 0.3 is 0 Å².